The molecule has 1 aromatic heterocycles. The molecule has 1 aliphatic rings. The molecule has 0 aromatic carbocycles. The van der Waals surface area contributed by atoms with Crippen LogP contribution in [0.4, 0.5) is 4.39 Å². The molecule has 0 saturated heterocycles. The van der Waals surface area contributed by atoms with Gasteiger partial charge in [0.15, 0.2) is 0 Å². The summed E-state index contributed by atoms with van der Waals surface area (Å²) in [7, 11) is 1.79. The highest BCUT2D eigenvalue weighted by atomic mass is 79.9. The topological polar surface area (TPSA) is 33.2 Å². The highest BCUT2D eigenvalue weighted by Crippen LogP contribution is 2.28. The van der Waals surface area contributed by atoms with Gasteiger partial charge < -0.3 is 4.90 Å². The van der Waals surface area contributed by atoms with Crippen LogP contribution in [0.1, 0.15) is 36.2 Å². The van der Waals surface area contributed by atoms with Crippen molar-refractivity contribution < 1.29 is 9.18 Å². The van der Waals surface area contributed by atoms with Crippen LogP contribution in [0.25, 0.3) is 0 Å². The van der Waals surface area contributed by atoms with Crippen LogP contribution in [-0.2, 0) is 0 Å². The second kappa shape index (κ2) is 5.78. The third-order valence-electron chi connectivity index (χ3n) is 3.41. The van der Waals surface area contributed by atoms with Gasteiger partial charge in [0, 0.05) is 17.9 Å². The number of aromatic nitrogens is 1. The summed E-state index contributed by atoms with van der Waals surface area (Å²) in [6, 6.07) is 2.89. The van der Waals surface area contributed by atoms with Gasteiger partial charge in [-0.15, -0.1) is 0 Å². The Morgan fingerprint density at radius 1 is 1.44 bits per heavy atom. The molecule has 2 rings (SSSR count). The van der Waals surface area contributed by atoms with Crippen LogP contribution in [0.3, 0.4) is 0 Å². The van der Waals surface area contributed by atoms with Gasteiger partial charge in [-0.05, 0) is 25.0 Å². The Morgan fingerprint density at radius 2 is 2.17 bits per heavy atom. The van der Waals surface area contributed by atoms with E-state index in [0.29, 0.717) is 10.5 Å². The van der Waals surface area contributed by atoms with Crippen LogP contribution in [-0.4, -0.2) is 33.7 Å². The fraction of sp³-hybridized carbons (Fsp3) is 0.538. The van der Waals surface area contributed by atoms with Crippen LogP contribution in [0.5, 0.6) is 0 Å². The zero-order valence-electron chi connectivity index (χ0n) is 10.3. The molecule has 1 aromatic rings. The number of carbonyl (C=O) groups is 1. The van der Waals surface area contributed by atoms with Gasteiger partial charge in [0.1, 0.15) is 11.5 Å². The lowest BCUT2D eigenvalue weighted by molar-refractivity contribution is 0.0698. The van der Waals surface area contributed by atoms with Gasteiger partial charge in [-0.1, -0.05) is 28.8 Å². The molecule has 1 heterocycles. The predicted molar refractivity (Wildman–Crippen MR) is 71.3 cm³/mol. The first-order chi connectivity index (χ1) is 8.59. The molecule has 1 amide bonds. The molecule has 1 aliphatic carbocycles. The summed E-state index contributed by atoms with van der Waals surface area (Å²) in [6.07, 6.45) is 5.50. The maximum absolute atomic E-state index is 12.8. The first-order valence-electron chi connectivity index (χ1n) is 6.12. The Labute approximate surface area is 115 Å². The SMILES string of the molecule is CN(C(=O)c1ccc(F)cn1)C1CCCCC1Br. The number of rotatable bonds is 2. The van der Waals surface area contributed by atoms with Crippen molar-refractivity contribution in [3.63, 3.8) is 0 Å². The van der Waals surface area contributed by atoms with Gasteiger partial charge >= 0.3 is 0 Å². The van der Waals surface area contributed by atoms with E-state index in [9.17, 15) is 9.18 Å². The Balaban J connectivity index is 2.10. The lowest BCUT2D eigenvalue weighted by atomic mass is 9.94. The lowest BCUT2D eigenvalue weighted by Crippen LogP contribution is -2.44. The molecule has 3 nitrogen and oxygen atoms in total. The Morgan fingerprint density at radius 3 is 2.78 bits per heavy atom. The zero-order valence-corrected chi connectivity index (χ0v) is 11.9. The van der Waals surface area contributed by atoms with E-state index in [2.05, 4.69) is 20.9 Å². The number of hydrogen-bond donors (Lipinski definition) is 0. The zero-order chi connectivity index (χ0) is 13.1. The van der Waals surface area contributed by atoms with E-state index in [4.69, 9.17) is 0 Å². The smallest absolute Gasteiger partial charge is 0.272 e. The van der Waals surface area contributed by atoms with Crippen molar-refractivity contribution in [3.8, 4) is 0 Å². The minimum absolute atomic E-state index is 0.147. The standard InChI is InChI=1S/C13H16BrFN2O/c1-17(12-5-3-2-4-10(12)14)13(18)11-7-6-9(15)8-16-11/h6-8,10,12H,2-5H2,1H3. The van der Waals surface area contributed by atoms with Crippen molar-refractivity contribution >= 4 is 21.8 Å². The van der Waals surface area contributed by atoms with E-state index in [-0.39, 0.29) is 11.9 Å². The molecule has 0 N–H and O–H groups in total. The average molecular weight is 315 g/mol. The molecule has 98 valence electrons. The van der Waals surface area contributed by atoms with Crippen LogP contribution in [0, 0.1) is 5.82 Å². The minimum Gasteiger partial charge on any atom is -0.336 e. The first-order valence-corrected chi connectivity index (χ1v) is 7.04. The molecule has 18 heavy (non-hydrogen) atoms. The summed E-state index contributed by atoms with van der Waals surface area (Å²) < 4.78 is 12.8. The first kappa shape index (κ1) is 13.5. The van der Waals surface area contributed by atoms with Gasteiger partial charge in [0.05, 0.1) is 6.20 Å². The molecule has 5 heteroatoms. The summed E-state index contributed by atoms with van der Waals surface area (Å²) >= 11 is 3.63. The maximum atomic E-state index is 12.8. The quantitative estimate of drug-likeness (QED) is 0.786. The number of amides is 1. The van der Waals surface area contributed by atoms with Crippen molar-refractivity contribution in [2.24, 2.45) is 0 Å². The normalized spacial score (nSPS) is 23.7. The van der Waals surface area contributed by atoms with Crippen LogP contribution < -0.4 is 0 Å². The largest absolute Gasteiger partial charge is 0.336 e. The van der Waals surface area contributed by atoms with Gasteiger partial charge in [-0.2, -0.15) is 0 Å². The van der Waals surface area contributed by atoms with Crippen LogP contribution >= 0.6 is 15.9 Å². The molecule has 1 saturated carbocycles. The summed E-state index contributed by atoms with van der Waals surface area (Å²) in [5.41, 5.74) is 0.296. The van der Waals surface area contributed by atoms with Gasteiger partial charge in [0.25, 0.3) is 5.91 Å². The maximum Gasteiger partial charge on any atom is 0.272 e. The molecule has 0 bridgehead atoms. The number of carbonyl (C=O) groups excluding carboxylic acids is 1. The van der Waals surface area contributed by atoms with Gasteiger partial charge in [-0.3, -0.25) is 4.79 Å². The molecule has 2 atom stereocenters. The van der Waals surface area contributed by atoms with E-state index >= 15 is 0 Å². The van der Waals surface area contributed by atoms with Gasteiger partial charge in [0.2, 0.25) is 0 Å². The fourth-order valence-corrected chi connectivity index (χ4v) is 3.28. The number of halogens is 2. The van der Waals surface area contributed by atoms with E-state index < -0.39 is 5.82 Å². The van der Waals surface area contributed by atoms with E-state index in [1.807, 2.05) is 0 Å². The van der Waals surface area contributed by atoms with Crippen molar-refractivity contribution in [2.45, 2.75) is 36.6 Å². The fourth-order valence-electron chi connectivity index (χ4n) is 2.34. The monoisotopic (exact) mass is 314 g/mol. The van der Waals surface area contributed by atoms with E-state index in [1.165, 1.54) is 18.6 Å². The van der Waals surface area contributed by atoms with Gasteiger partial charge in [-0.25, -0.2) is 9.37 Å². The van der Waals surface area contributed by atoms with E-state index in [0.717, 1.165) is 25.5 Å². The molecule has 1 fully saturated rings. The predicted octanol–water partition coefficient (Wildman–Crippen LogP) is 3.00. The van der Waals surface area contributed by atoms with Crippen molar-refractivity contribution in [1.82, 2.24) is 9.88 Å². The number of nitrogens with zero attached hydrogens (tertiary/aromatic N) is 2. The molecule has 0 spiro atoms. The Bertz CT molecular complexity index is 424. The highest BCUT2D eigenvalue weighted by Gasteiger charge is 2.29. The average Bonchev–Trinajstić information content (AvgIpc) is 2.38. The highest BCUT2D eigenvalue weighted by molar-refractivity contribution is 9.09. The number of alkyl halides is 1. The summed E-state index contributed by atoms with van der Waals surface area (Å²) in [4.78, 5) is 18.1. The molecular formula is C13H16BrFN2O. The molecule has 2 unspecified atom stereocenters. The molecular weight excluding hydrogens is 299 g/mol. The second-order valence-corrected chi connectivity index (χ2v) is 5.82. The summed E-state index contributed by atoms with van der Waals surface area (Å²) in [5, 5.41) is 0. The Hall–Kier alpha value is -0.970. The Kier molecular flexibility index (Phi) is 4.32. The van der Waals surface area contributed by atoms with Crippen molar-refractivity contribution in [3.05, 3.63) is 29.8 Å². The number of hydrogen-bond acceptors (Lipinski definition) is 2. The number of pyridine rings is 1. The third kappa shape index (κ3) is 2.88. The van der Waals surface area contributed by atoms with E-state index in [1.54, 1.807) is 11.9 Å². The van der Waals surface area contributed by atoms with Crippen molar-refractivity contribution in [1.29, 1.82) is 0 Å². The molecule has 0 aliphatic heterocycles. The lowest BCUT2D eigenvalue weighted by Gasteiger charge is -2.35. The van der Waals surface area contributed by atoms with Crippen molar-refractivity contribution in [2.75, 3.05) is 7.05 Å². The van der Waals surface area contributed by atoms with Crippen LogP contribution in [0.15, 0.2) is 18.3 Å². The minimum atomic E-state index is -0.426. The van der Waals surface area contributed by atoms with Crippen LogP contribution in [0.2, 0.25) is 0 Å². The molecule has 0 radical (unpaired) electrons. The third-order valence-corrected chi connectivity index (χ3v) is 4.48. The summed E-state index contributed by atoms with van der Waals surface area (Å²) in [6.45, 7) is 0. The second-order valence-electron chi connectivity index (χ2n) is 4.65. The summed E-state index contributed by atoms with van der Waals surface area (Å²) in [5.74, 6) is -0.573.